The molecule has 0 saturated carbocycles. The molecule has 0 bridgehead atoms. The highest BCUT2D eigenvalue weighted by molar-refractivity contribution is 6.14. The van der Waals surface area contributed by atoms with Crippen LogP contribution in [-0.4, -0.2) is 77.5 Å². The highest BCUT2D eigenvalue weighted by atomic mass is 16.6. The standard InChI is InChI=1S/C30H29N5O6/c1-15-24(16(2)41-34-15)21-13-22-20(14-23(21)37-4)25-26(31-17(3)32-29(25)33-22)18-5-6-19(28-27(18)39-11-12-40-28)30(36)35-7-9-38-10-8-35/h5-6,13-14H,7-12H2,1-4H3,(H,31,32,33). The number of rotatable bonds is 4. The molecule has 5 aromatic rings. The van der Waals surface area contributed by atoms with E-state index in [0.29, 0.717) is 85.3 Å². The third kappa shape index (κ3) is 4.07. The van der Waals surface area contributed by atoms with Gasteiger partial charge in [-0.25, -0.2) is 9.97 Å². The SMILES string of the molecule is COc1cc2c(cc1-c1c(C)noc1C)[nH]c1nc(C)nc(-c3ccc(C(=O)N4CCOCC4)c4c3OCCO4)c12. The van der Waals surface area contributed by atoms with E-state index < -0.39 is 0 Å². The van der Waals surface area contributed by atoms with E-state index in [2.05, 4.69) is 10.1 Å². The topological polar surface area (TPSA) is 125 Å². The molecule has 41 heavy (non-hydrogen) atoms. The van der Waals surface area contributed by atoms with Crippen LogP contribution in [0.15, 0.2) is 28.8 Å². The fourth-order valence-electron chi connectivity index (χ4n) is 5.79. The lowest BCUT2D eigenvalue weighted by atomic mass is 9.98. The third-order valence-corrected chi connectivity index (χ3v) is 7.66. The summed E-state index contributed by atoms with van der Waals surface area (Å²) in [6.45, 7) is 8.47. The van der Waals surface area contributed by atoms with Gasteiger partial charge in [0.2, 0.25) is 0 Å². The summed E-state index contributed by atoms with van der Waals surface area (Å²) in [5.41, 5.74) is 5.96. The van der Waals surface area contributed by atoms with Crippen molar-refractivity contribution in [1.82, 2.24) is 25.0 Å². The number of aromatic nitrogens is 4. The molecule has 2 aliphatic heterocycles. The maximum Gasteiger partial charge on any atom is 0.257 e. The summed E-state index contributed by atoms with van der Waals surface area (Å²) in [4.78, 5) is 28.3. The fourth-order valence-corrected chi connectivity index (χ4v) is 5.79. The lowest BCUT2D eigenvalue weighted by Gasteiger charge is -2.29. The Labute approximate surface area is 235 Å². The molecule has 210 valence electrons. The number of hydrogen-bond acceptors (Lipinski definition) is 9. The van der Waals surface area contributed by atoms with Crippen molar-refractivity contribution in [2.24, 2.45) is 0 Å². The van der Waals surface area contributed by atoms with Crippen LogP contribution in [0.1, 0.15) is 27.6 Å². The molecule has 0 atom stereocenters. The van der Waals surface area contributed by atoms with E-state index in [1.807, 2.05) is 39.0 Å². The number of nitrogens with zero attached hydrogens (tertiary/aromatic N) is 4. The molecule has 0 spiro atoms. The van der Waals surface area contributed by atoms with E-state index in [1.165, 1.54) is 0 Å². The summed E-state index contributed by atoms with van der Waals surface area (Å²) in [5.74, 6) is 2.82. The Balaban J connectivity index is 1.44. The van der Waals surface area contributed by atoms with Gasteiger partial charge in [-0.05, 0) is 45.0 Å². The molecule has 11 nitrogen and oxygen atoms in total. The van der Waals surface area contributed by atoms with Crippen molar-refractivity contribution in [3.05, 3.63) is 47.1 Å². The molecule has 11 heteroatoms. The van der Waals surface area contributed by atoms with Gasteiger partial charge in [0.05, 0.1) is 48.2 Å². The number of aryl methyl sites for hydroxylation is 3. The molecular formula is C30H29N5O6. The van der Waals surface area contributed by atoms with Crippen molar-refractivity contribution >= 4 is 27.8 Å². The van der Waals surface area contributed by atoms with E-state index in [-0.39, 0.29) is 5.91 Å². The first-order valence-corrected chi connectivity index (χ1v) is 13.6. The molecule has 1 N–H and O–H groups in total. The van der Waals surface area contributed by atoms with Crippen LogP contribution in [0.5, 0.6) is 17.2 Å². The van der Waals surface area contributed by atoms with Gasteiger partial charge in [0.25, 0.3) is 5.91 Å². The molecule has 5 heterocycles. The minimum atomic E-state index is -0.103. The van der Waals surface area contributed by atoms with Crippen molar-refractivity contribution < 1.29 is 28.3 Å². The molecule has 1 fully saturated rings. The normalized spacial score (nSPS) is 15.1. The number of carbonyl (C=O) groups is 1. The van der Waals surface area contributed by atoms with Crippen molar-refractivity contribution in [3.63, 3.8) is 0 Å². The van der Waals surface area contributed by atoms with Gasteiger partial charge in [0.1, 0.15) is 36.2 Å². The first-order valence-electron chi connectivity index (χ1n) is 13.6. The summed E-state index contributed by atoms with van der Waals surface area (Å²) >= 11 is 0. The van der Waals surface area contributed by atoms with Crippen LogP contribution in [0.2, 0.25) is 0 Å². The lowest BCUT2D eigenvalue weighted by molar-refractivity contribution is 0.0298. The van der Waals surface area contributed by atoms with Crippen LogP contribution in [-0.2, 0) is 4.74 Å². The third-order valence-electron chi connectivity index (χ3n) is 7.66. The van der Waals surface area contributed by atoms with E-state index in [0.717, 1.165) is 38.7 Å². The number of aromatic amines is 1. The molecule has 0 unspecified atom stereocenters. The van der Waals surface area contributed by atoms with Crippen molar-refractivity contribution in [3.8, 4) is 39.6 Å². The first-order chi connectivity index (χ1) is 19.9. The number of nitrogens with one attached hydrogen (secondary N) is 1. The molecule has 7 rings (SSSR count). The van der Waals surface area contributed by atoms with Crippen LogP contribution in [0.3, 0.4) is 0 Å². The van der Waals surface area contributed by atoms with E-state index >= 15 is 0 Å². The van der Waals surface area contributed by atoms with Gasteiger partial charge in [-0.1, -0.05) is 5.16 Å². The quantitative estimate of drug-likeness (QED) is 0.338. The molecule has 1 saturated heterocycles. The van der Waals surface area contributed by atoms with Crippen LogP contribution in [0, 0.1) is 20.8 Å². The van der Waals surface area contributed by atoms with Crippen LogP contribution in [0.25, 0.3) is 44.3 Å². The molecule has 0 aliphatic carbocycles. The molecule has 3 aromatic heterocycles. The highest BCUT2D eigenvalue weighted by Gasteiger charge is 2.30. The number of fused-ring (bicyclic) bond motifs is 4. The molecule has 2 aliphatic rings. The van der Waals surface area contributed by atoms with Gasteiger partial charge in [0, 0.05) is 35.1 Å². The van der Waals surface area contributed by atoms with Gasteiger partial charge in [-0.3, -0.25) is 4.79 Å². The lowest BCUT2D eigenvalue weighted by Crippen LogP contribution is -2.41. The maximum absolute atomic E-state index is 13.4. The number of H-pyrrole nitrogens is 1. The average Bonchev–Trinajstić information content (AvgIpc) is 3.52. The van der Waals surface area contributed by atoms with Crippen molar-refractivity contribution in [2.45, 2.75) is 20.8 Å². The molecule has 2 aromatic carbocycles. The predicted molar refractivity (Wildman–Crippen MR) is 151 cm³/mol. The zero-order chi connectivity index (χ0) is 28.2. The smallest absolute Gasteiger partial charge is 0.257 e. The number of amides is 1. The van der Waals surface area contributed by atoms with E-state index in [4.69, 9.17) is 33.4 Å². The molecular weight excluding hydrogens is 526 g/mol. The van der Waals surface area contributed by atoms with Crippen LogP contribution < -0.4 is 14.2 Å². The van der Waals surface area contributed by atoms with Gasteiger partial charge in [-0.2, -0.15) is 0 Å². The Morgan fingerprint density at radius 2 is 1.76 bits per heavy atom. The summed E-state index contributed by atoms with van der Waals surface area (Å²) in [7, 11) is 1.64. The summed E-state index contributed by atoms with van der Waals surface area (Å²) in [5, 5.41) is 5.83. The molecule has 0 radical (unpaired) electrons. The number of carbonyl (C=O) groups excluding carboxylic acids is 1. The maximum atomic E-state index is 13.4. The number of morpholine rings is 1. The second-order valence-corrected chi connectivity index (χ2v) is 10.2. The Morgan fingerprint density at radius 3 is 2.49 bits per heavy atom. The van der Waals surface area contributed by atoms with Crippen LogP contribution >= 0.6 is 0 Å². The highest BCUT2D eigenvalue weighted by Crippen LogP contribution is 2.46. The minimum Gasteiger partial charge on any atom is -0.496 e. The second-order valence-electron chi connectivity index (χ2n) is 10.2. The number of ether oxygens (including phenoxy) is 4. The molecule has 1 amide bonds. The van der Waals surface area contributed by atoms with E-state index in [9.17, 15) is 4.79 Å². The number of methoxy groups -OCH3 is 1. The van der Waals surface area contributed by atoms with Gasteiger partial charge in [-0.15, -0.1) is 0 Å². The number of hydrogen-bond donors (Lipinski definition) is 1. The monoisotopic (exact) mass is 555 g/mol. The van der Waals surface area contributed by atoms with Gasteiger partial charge >= 0.3 is 0 Å². The zero-order valence-corrected chi connectivity index (χ0v) is 23.3. The van der Waals surface area contributed by atoms with Crippen molar-refractivity contribution in [2.75, 3.05) is 46.6 Å². The first kappa shape index (κ1) is 25.3. The predicted octanol–water partition coefficient (Wildman–Crippen LogP) is 4.61. The van der Waals surface area contributed by atoms with Crippen molar-refractivity contribution in [1.29, 1.82) is 0 Å². The summed E-state index contributed by atoms with van der Waals surface area (Å²) in [6.07, 6.45) is 0. The summed E-state index contributed by atoms with van der Waals surface area (Å²) < 4.78 is 28.9. The van der Waals surface area contributed by atoms with Gasteiger partial charge < -0.3 is 33.4 Å². The Morgan fingerprint density at radius 1 is 0.976 bits per heavy atom. The largest absolute Gasteiger partial charge is 0.496 e. The van der Waals surface area contributed by atoms with E-state index in [1.54, 1.807) is 18.1 Å². The average molecular weight is 556 g/mol. The van der Waals surface area contributed by atoms with Crippen LogP contribution in [0.4, 0.5) is 0 Å². The van der Waals surface area contributed by atoms with Gasteiger partial charge in [0.15, 0.2) is 11.5 Å². The Bertz CT molecular complexity index is 1820. The second kappa shape index (κ2) is 9.77. The minimum absolute atomic E-state index is 0.103. The summed E-state index contributed by atoms with van der Waals surface area (Å²) in [6, 6.07) is 7.70. The zero-order valence-electron chi connectivity index (χ0n) is 23.3. The number of benzene rings is 2. The fraction of sp³-hybridized carbons (Fsp3) is 0.333. The Kier molecular flexibility index (Phi) is 6.04. The Hall–Kier alpha value is -4.64.